The highest BCUT2D eigenvalue weighted by molar-refractivity contribution is 4.72. The van der Waals surface area contributed by atoms with E-state index in [2.05, 4.69) is 6.92 Å². The van der Waals surface area contributed by atoms with Gasteiger partial charge in [0.25, 0.3) is 6.43 Å². The minimum atomic E-state index is -2.16. The molecule has 1 rings (SSSR count). The maximum absolute atomic E-state index is 11.8. The van der Waals surface area contributed by atoms with Crippen molar-refractivity contribution in [2.75, 3.05) is 19.6 Å². The van der Waals surface area contributed by atoms with Crippen LogP contribution in [0.4, 0.5) is 8.78 Å². The van der Waals surface area contributed by atoms with Crippen molar-refractivity contribution in [3.05, 3.63) is 0 Å². The molecule has 0 spiro atoms. The highest BCUT2D eigenvalue weighted by Gasteiger charge is 2.20. The Bertz CT molecular complexity index is 106. The standard InChI is InChI=1S/C7H13F2N/c1-6-2-3-10(4-6)5-7(8)9/h6-7H,2-5H2,1H3/t6-/m0/s1. The van der Waals surface area contributed by atoms with Gasteiger partial charge in [-0.3, -0.25) is 4.90 Å². The Balaban J connectivity index is 2.18. The molecule has 0 N–H and O–H groups in total. The van der Waals surface area contributed by atoms with Gasteiger partial charge >= 0.3 is 0 Å². The van der Waals surface area contributed by atoms with Crippen LogP contribution in [0.5, 0.6) is 0 Å². The summed E-state index contributed by atoms with van der Waals surface area (Å²) in [4.78, 5) is 1.83. The lowest BCUT2D eigenvalue weighted by Gasteiger charge is -2.13. The van der Waals surface area contributed by atoms with Crippen LogP contribution >= 0.6 is 0 Å². The number of halogens is 2. The number of hydrogen-bond donors (Lipinski definition) is 0. The Kier molecular flexibility index (Phi) is 2.60. The van der Waals surface area contributed by atoms with Gasteiger partial charge in [-0.2, -0.15) is 0 Å². The summed E-state index contributed by atoms with van der Waals surface area (Å²) in [5.74, 6) is 0.610. The van der Waals surface area contributed by atoms with Crippen molar-refractivity contribution in [2.45, 2.75) is 19.8 Å². The van der Waals surface area contributed by atoms with Crippen molar-refractivity contribution in [3.63, 3.8) is 0 Å². The molecule has 10 heavy (non-hydrogen) atoms. The third-order valence-corrected chi connectivity index (χ3v) is 1.90. The molecule has 0 unspecified atom stereocenters. The minimum Gasteiger partial charge on any atom is -0.297 e. The van der Waals surface area contributed by atoms with Crippen molar-refractivity contribution in [2.24, 2.45) is 5.92 Å². The number of nitrogens with zero attached hydrogens (tertiary/aromatic N) is 1. The zero-order valence-corrected chi connectivity index (χ0v) is 6.19. The molecule has 0 saturated carbocycles. The Hall–Kier alpha value is -0.180. The first-order valence-corrected chi connectivity index (χ1v) is 3.69. The third kappa shape index (κ3) is 2.21. The van der Waals surface area contributed by atoms with Gasteiger partial charge in [-0.15, -0.1) is 0 Å². The number of rotatable bonds is 2. The van der Waals surface area contributed by atoms with Gasteiger partial charge in [0.2, 0.25) is 0 Å². The van der Waals surface area contributed by atoms with Crippen LogP contribution in [0, 0.1) is 5.92 Å². The average molecular weight is 149 g/mol. The fraction of sp³-hybridized carbons (Fsp3) is 1.00. The first-order valence-electron chi connectivity index (χ1n) is 3.69. The molecular formula is C7H13F2N. The van der Waals surface area contributed by atoms with Crippen molar-refractivity contribution >= 4 is 0 Å². The highest BCUT2D eigenvalue weighted by atomic mass is 19.3. The molecule has 1 saturated heterocycles. The molecule has 0 aromatic carbocycles. The largest absolute Gasteiger partial charge is 0.297 e. The van der Waals surface area contributed by atoms with E-state index in [0.29, 0.717) is 5.92 Å². The molecule has 0 bridgehead atoms. The molecule has 0 aliphatic carbocycles. The maximum atomic E-state index is 11.8. The lowest BCUT2D eigenvalue weighted by Crippen LogP contribution is -2.26. The highest BCUT2D eigenvalue weighted by Crippen LogP contribution is 2.15. The van der Waals surface area contributed by atoms with Crippen LogP contribution in [-0.2, 0) is 0 Å². The van der Waals surface area contributed by atoms with Crippen LogP contribution in [0.25, 0.3) is 0 Å². The molecule has 3 heteroatoms. The normalized spacial score (nSPS) is 28.2. The first-order chi connectivity index (χ1) is 4.68. The van der Waals surface area contributed by atoms with E-state index < -0.39 is 6.43 Å². The van der Waals surface area contributed by atoms with E-state index in [1.54, 1.807) is 0 Å². The van der Waals surface area contributed by atoms with Crippen molar-refractivity contribution < 1.29 is 8.78 Å². The second-order valence-corrected chi connectivity index (χ2v) is 3.04. The Morgan fingerprint density at radius 2 is 2.30 bits per heavy atom. The van der Waals surface area contributed by atoms with Gasteiger partial charge in [0.1, 0.15) is 0 Å². The third-order valence-electron chi connectivity index (χ3n) is 1.90. The molecule has 1 nitrogen and oxygen atoms in total. The average Bonchev–Trinajstić information content (AvgIpc) is 2.13. The molecule has 0 aromatic rings. The molecule has 0 aromatic heterocycles. The van der Waals surface area contributed by atoms with E-state index in [-0.39, 0.29) is 6.54 Å². The molecule has 60 valence electrons. The predicted octanol–water partition coefficient (Wildman–Crippen LogP) is 1.59. The summed E-state index contributed by atoms with van der Waals surface area (Å²) < 4.78 is 23.5. The fourth-order valence-corrected chi connectivity index (χ4v) is 1.39. The van der Waals surface area contributed by atoms with Crippen molar-refractivity contribution in [3.8, 4) is 0 Å². The molecular weight excluding hydrogens is 136 g/mol. The number of likely N-dealkylation sites (tertiary alicyclic amines) is 1. The Labute approximate surface area is 60.0 Å². The minimum absolute atomic E-state index is 0.0374. The first kappa shape index (κ1) is 7.92. The summed E-state index contributed by atoms with van der Waals surface area (Å²) in [6.07, 6.45) is -1.09. The fourth-order valence-electron chi connectivity index (χ4n) is 1.39. The maximum Gasteiger partial charge on any atom is 0.251 e. The van der Waals surface area contributed by atoms with Crippen LogP contribution < -0.4 is 0 Å². The second kappa shape index (κ2) is 3.28. The quantitative estimate of drug-likeness (QED) is 0.576. The van der Waals surface area contributed by atoms with Gasteiger partial charge in [-0.05, 0) is 18.9 Å². The Morgan fingerprint density at radius 3 is 2.70 bits per heavy atom. The Morgan fingerprint density at radius 1 is 1.60 bits per heavy atom. The van der Waals surface area contributed by atoms with Crippen LogP contribution in [0.1, 0.15) is 13.3 Å². The molecule has 0 radical (unpaired) electrons. The van der Waals surface area contributed by atoms with Gasteiger partial charge in [0.15, 0.2) is 0 Å². The van der Waals surface area contributed by atoms with Crippen molar-refractivity contribution in [1.29, 1.82) is 0 Å². The SMILES string of the molecule is C[C@H]1CCN(CC(F)F)C1. The lowest BCUT2D eigenvalue weighted by atomic mass is 10.2. The van der Waals surface area contributed by atoms with Gasteiger partial charge in [0.05, 0.1) is 6.54 Å². The number of alkyl halides is 2. The predicted molar refractivity (Wildman–Crippen MR) is 36.2 cm³/mol. The monoisotopic (exact) mass is 149 g/mol. The summed E-state index contributed by atoms with van der Waals surface area (Å²) in [5, 5.41) is 0. The molecule has 1 aliphatic heterocycles. The van der Waals surface area contributed by atoms with E-state index in [1.807, 2.05) is 4.90 Å². The molecule has 0 amide bonds. The van der Waals surface area contributed by atoms with Gasteiger partial charge in [-0.1, -0.05) is 6.92 Å². The number of hydrogen-bond acceptors (Lipinski definition) is 1. The summed E-state index contributed by atoms with van der Waals surface area (Å²) in [7, 11) is 0. The summed E-state index contributed by atoms with van der Waals surface area (Å²) in [6, 6.07) is 0. The summed E-state index contributed by atoms with van der Waals surface area (Å²) in [6.45, 7) is 3.77. The zero-order chi connectivity index (χ0) is 7.56. The topological polar surface area (TPSA) is 3.24 Å². The molecule has 1 heterocycles. The van der Waals surface area contributed by atoms with E-state index in [0.717, 1.165) is 19.5 Å². The summed E-state index contributed by atoms with van der Waals surface area (Å²) >= 11 is 0. The molecule has 1 fully saturated rings. The van der Waals surface area contributed by atoms with E-state index in [1.165, 1.54) is 0 Å². The smallest absolute Gasteiger partial charge is 0.251 e. The zero-order valence-electron chi connectivity index (χ0n) is 6.19. The summed E-state index contributed by atoms with van der Waals surface area (Å²) in [5.41, 5.74) is 0. The van der Waals surface area contributed by atoms with Gasteiger partial charge in [0, 0.05) is 6.54 Å². The van der Waals surface area contributed by atoms with E-state index >= 15 is 0 Å². The van der Waals surface area contributed by atoms with Crippen LogP contribution in [-0.4, -0.2) is 31.0 Å². The lowest BCUT2D eigenvalue weighted by molar-refractivity contribution is 0.0983. The van der Waals surface area contributed by atoms with Gasteiger partial charge < -0.3 is 0 Å². The molecule has 1 aliphatic rings. The van der Waals surface area contributed by atoms with E-state index in [9.17, 15) is 8.78 Å². The molecule has 1 atom stereocenters. The van der Waals surface area contributed by atoms with Gasteiger partial charge in [-0.25, -0.2) is 8.78 Å². The van der Waals surface area contributed by atoms with Crippen LogP contribution in [0.15, 0.2) is 0 Å². The van der Waals surface area contributed by atoms with Crippen molar-refractivity contribution in [1.82, 2.24) is 4.90 Å². The van der Waals surface area contributed by atoms with E-state index in [4.69, 9.17) is 0 Å². The second-order valence-electron chi connectivity index (χ2n) is 3.04. The van der Waals surface area contributed by atoms with Crippen LogP contribution in [0.2, 0.25) is 0 Å². The van der Waals surface area contributed by atoms with Crippen LogP contribution in [0.3, 0.4) is 0 Å².